The molecular weight excluding hydrogens is 409 g/mol. The van der Waals surface area contributed by atoms with E-state index in [9.17, 15) is 8.78 Å². The lowest BCUT2D eigenvalue weighted by molar-refractivity contribution is 0.569. The molecule has 2 aromatic rings. The summed E-state index contributed by atoms with van der Waals surface area (Å²) in [5, 5.41) is 0.582. The molecule has 1 heterocycles. The van der Waals surface area contributed by atoms with Crippen molar-refractivity contribution in [1.82, 2.24) is 0 Å². The van der Waals surface area contributed by atoms with Crippen LogP contribution in [0.2, 0.25) is 5.02 Å². The molecule has 0 amide bonds. The first-order valence-corrected chi connectivity index (χ1v) is 7.84. The summed E-state index contributed by atoms with van der Waals surface area (Å²) in [4.78, 5) is 0.516. The third kappa shape index (κ3) is 2.79. The Hall–Kier alpha value is 0.0300. The standard InChI is InChI=1S/C12H7Br2ClF2S/c1-5-2-6(9(17)4-8(5)16)11(13)10-3-7(15)12(14)18-10/h2-4,11H,1H3. The number of hydrogen-bond donors (Lipinski definition) is 0. The maximum absolute atomic E-state index is 13.8. The van der Waals surface area contributed by atoms with Gasteiger partial charge < -0.3 is 0 Å². The van der Waals surface area contributed by atoms with Crippen molar-refractivity contribution in [2.24, 2.45) is 0 Å². The van der Waals surface area contributed by atoms with E-state index in [1.165, 1.54) is 17.4 Å². The number of halogens is 5. The van der Waals surface area contributed by atoms with Gasteiger partial charge in [0.15, 0.2) is 0 Å². The van der Waals surface area contributed by atoms with Crippen molar-refractivity contribution in [2.45, 2.75) is 11.8 Å². The van der Waals surface area contributed by atoms with E-state index in [0.29, 0.717) is 16.1 Å². The highest BCUT2D eigenvalue weighted by Gasteiger charge is 2.19. The van der Waals surface area contributed by atoms with Gasteiger partial charge in [-0.1, -0.05) is 27.5 Å². The fraction of sp³-hybridized carbons (Fsp3) is 0.167. The second-order valence-corrected chi connectivity index (χ2v) is 7.48. The lowest BCUT2D eigenvalue weighted by atomic mass is 10.1. The Morgan fingerprint density at radius 2 is 1.89 bits per heavy atom. The molecule has 96 valence electrons. The van der Waals surface area contributed by atoms with E-state index in [1.807, 2.05) is 0 Å². The van der Waals surface area contributed by atoms with Crippen LogP contribution < -0.4 is 0 Å². The molecule has 2 rings (SSSR count). The zero-order valence-electron chi connectivity index (χ0n) is 9.11. The first kappa shape index (κ1) is 14.4. The minimum absolute atomic E-state index is 0.342. The Morgan fingerprint density at radius 3 is 2.44 bits per heavy atom. The lowest BCUT2D eigenvalue weighted by Gasteiger charge is -2.10. The quantitative estimate of drug-likeness (QED) is 0.509. The third-order valence-corrected chi connectivity index (χ3v) is 6.29. The highest BCUT2D eigenvalue weighted by molar-refractivity contribution is 9.11. The van der Waals surface area contributed by atoms with E-state index in [1.54, 1.807) is 13.0 Å². The first-order valence-electron chi connectivity index (χ1n) is 4.94. The Kier molecular flexibility index (Phi) is 4.47. The van der Waals surface area contributed by atoms with Crippen LogP contribution in [-0.2, 0) is 0 Å². The molecule has 6 heteroatoms. The molecule has 0 spiro atoms. The van der Waals surface area contributed by atoms with Crippen LogP contribution in [-0.4, -0.2) is 0 Å². The van der Waals surface area contributed by atoms with Crippen LogP contribution >= 0.6 is 54.8 Å². The van der Waals surface area contributed by atoms with Crippen LogP contribution in [0.25, 0.3) is 0 Å². The first-order chi connectivity index (χ1) is 8.40. The van der Waals surface area contributed by atoms with Gasteiger partial charge in [-0.2, -0.15) is 0 Å². The summed E-state index contributed by atoms with van der Waals surface area (Å²) in [5.41, 5.74) is 0.817. The lowest BCUT2D eigenvalue weighted by Crippen LogP contribution is -1.97. The number of benzene rings is 1. The molecule has 1 unspecified atom stereocenters. The maximum atomic E-state index is 13.8. The van der Waals surface area contributed by atoms with Crippen LogP contribution in [0.4, 0.5) is 8.78 Å². The molecule has 1 aromatic heterocycles. The summed E-state index contributed by atoms with van der Waals surface area (Å²) in [5.74, 6) is -1.11. The van der Waals surface area contributed by atoms with Crippen LogP contribution in [0.1, 0.15) is 20.8 Å². The molecule has 0 saturated carbocycles. The van der Waals surface area contributed by atoms with Crippen molar-refractivity contribution in [3.8, 4) is 0 Å². The van der Waals surface area contributed by atoms with Crippen LogP contribution in [0.3, 0.4) is 0 Å². The minimum Gasteiger partial charge on any atom is -0.207 e. The summed E-state index contributed by atoms with van der Waals surface area (Å²) in [6.45, 7) is 1.61. The molecule has 0 nitrogen and oxygen atoms in total. The summed E-state index contributed by atoms with van der Waals surface area (Å²) in [6, 6.07) is 4.17. The number of alkyl halides is 1. The van der Waals surface area contributed by atoms with Gasteiger partial charge in [-0.05, 0) is 40.5 Å². The molecular formula is C12H7Br2ClF2S. The fourth-order valence-corrected chi connectivity index (χ4v) is 4.02. The Morgan fingerprint density at radius 1 is 1.22 bits per heavy atom. The van der Waals surface area contributed by atoms with E-state index in [2.05, 4.69) is 31.9 Å². The molecule has 0 saturated heterocycles. The smallest absolute Gasteiger partial charge is 0.130 e. The summed E-state index contributed by atoms with van der Waals surface area (Å²) in [7, 11) is 0. The van der Waals surface area contributed by atoms with Crippen molar-refractivity contribution in [2.75, 3.05) is 0 Å². The molecule has 0 bridgehead atoms. The summed E-state index contributed by atoms with van der Waals surface area (Å²) < 4.78 is 27.8. The molecule has 0 fully saturated rings. The molecule has 0 radical (unpaired) electrons. The average Bonchev–Trinajstić information content (AvgIpc) is 2.63. The number of aryl methyl sites for hydroxylation is 1. The van der Waals surface area contributed by atoms with Crippen LogP contribution in [0, 0.1) is 18.6 Å². The summed E-state index contributed by atoms with van der Waals surface area (Å²) in [6.07, 6.45) is 0. The van der Waals surface area contributed by atoms with E-state index in [-0.39, 0.29) is 4.83 Å². The summed E-state index contributed by atoms with van der Waals surface area (Å²) >= 11 is 14.1. The zero-order valence-corrected chi connectivity index (χ0v) is 13.9. The molecule has 1 aromatic carbocycles. The highest BCUT2D eigenvalue weighted by Crippen LogP contribution is 2.42. The molecule has 0 N–H and O–H groups in total. The van der Waals surface area contributed by atoms with Crippen LogP contribution in [0.15, 0.2) is 22.0 Å². The van der Waals surface area contributed by atoms with E-state index >= 15 is 0 Å². The fourth-order valence-electron chi connectivity index (χ4n) is 1.52. The van der Waals surface area contributed by atoms with Gasteiger partial charge >= 0.3 is 0 Å². The third-order valence-electron chi connectivity index (χ3n) is 2.47. The predicted molar refractivity (Wildman–Crippen MR) is 78.9 cm³/mol. The predicted octanol–water partition coefficient (Wildman–Crippen LogP) is 6.23. The monoisotopic (exact) mass is 414 g/mol. The largest absolute Gasteiger partial charge is 0.207 e. The second kappa shape index (κ2) is 5.57. The van der Waals surface area contributed by atoms with E-state index < -0.39 is 11.6 Å². The Bertz CT molecular complexity index is 579. The van der Waals surface area contributed by atoms with Gasteiger partial charge in [0.05, 0.1) is 13.6 Å². The van der Waals surface area contributed by atoms with Crippen molar-refractivity contribution >= 4 is 54.8 Å². The minimum atomic E-state index is -0.569. The highest BCUT2D eigenvalue weighted by atomic mass is 79.9. The van der Waals surface area contributed by atoms with E-state index in [0.717, 1.165) is 14.7 Å². The van der Waals surface area contributed by atoms with Crippen molar-refractivity contribution in [3.63, 3.8) is 0 Å². The van der Waals surface area contributed by atoms with Crippen molar-refractivity contribution < 1.29 is 8.78 Å². The molecule has 0 aliphatic carbocycles. The van der Waals surface area contributed by atoms with Gasteiger partial charge in [0.25, 0.3) is 0 Å². The molecule has 18 heavy (non-hydrogen) atoms. The second-order valence-electron chi connectivity index (χ2n) is 3.76. The molecule has 1 atom stereocenters. The van der Waals surface area contributed by atoms with Gasteiger partial charge in [0.1, 0.15) is 11.6 Å². The van der Waals surface area contributed by atoms with Gasteiger partial charge in [0, 0.05) is 16.5 Å². The topological polar surface area (TPSA) is 0 Å². The number of rotatable bonds is 2. The van der Waals surface area contributed by atoms with Gasteiger partial charge in [-0.15, -0.1) is 11.3 Å². The van der Waals surface area contributed by atoms with E-state index in [4.69, 9.17) is 11.6 Å². The zero-order chi connectivity index (χ0) is 13.4. The normalized spacial score (nSPS) is 12.8. The van der Waals surface area contributed by atoms with Crippen molar-refractivity contribution in [3.05, 3.63) is 54.6 Å². The average molecular weight is 417 g/mol. The number of hydrogen-bond acceptors (Lipinski definition) is 1. The Balaban J connectivity index is 2.45. The van der Waals surface area contributed by atoms with Gasteiger partial charge in [0.2, 0.25) is 0 Å². The molecule has 0 aliphatic rings. The van der Waals surface area contributed by atoms with Gasteiger partial charge in [-0.3, -0.25) is 0 Å². The van der Waals surface area contributed by atoms with Crippen LogP contribution in [0.5, 0.6) is 0 Å². The molecule has 0 aliphatic heterocycles. The SMILES string of the molecule is Cc1cc(C(Br)c2cc(Cl)c(Br)s2)c(F)cc1F. The Labute approximate surface area is 129 Å². The number of thiophene rings is 1. The van der Waals surface area contributed by atoms with Crippen molar-refractivity contribution in [1.29, 1.82) is 0 Å². The maximum Gasteiger partial charge on any atom is 0.130 e. The van der Waals surface area contributed by atoms with Gasteiger partial charge in [-0.25, -0.2) is 8.78 Å².